The molecule has 3 saturated carbocycles. The number of aliphatic imine (C=N–C) groups is 3. The van der Waals surface area contributed by atoms with Gasteiger partial charge in [0.15, 0.2) is 0 Å². The molecule has 0 unspecified atom stereocenters. The van der Waals surface area contributed by atoms with Crippen molar-refractivity contribution in [2.24, 2.45) is 104 Å². The molecule has 13 rings (SSSR count). The molecule has 0 heterocycles. The van der Waals surface area contributed by atoms with Crippen molar-refractivity contribution >= 4 is 106 Å². The summed E-state index contributed by atoms with van der Waals surface area (Å²) in [5.41, 5.74) is 11.3. The zero-order valence-corrected chi connectivity index (χ0v) is 77.3. The molecule has 0 aromatic heterocycles. The van der Waals surface area contributed by atoms with Crippen LogP contribution < -0.4 is 9.47 Å². The first-order chi connectivity index (χ1) is 49.3. The van der Waals surface area contributed by atoms with Crippen molar-refractivity contribution in [3.8, 4) is 11.5 Å². The SMILES string of the molecule is CC(=Nc1ccc(C)cc1)c1[c-]cc2cc3ccccc3cc2c1.CC1C(C)C(C)C(C)C1C.CC1C(C)C(C)C(C)C1C.CC1C(C)C(C)C(C)C1C.COc1ccc(N=C(C)c2[c-]cc3cc(C)ccc3c2)cc1.COc1ccc(N=C(C)c2[c-]cc3ccccc3c2)cc1.[CH3-].[CH3-].[CH3-].[Cl][Ir+2].[Cl][Ir+2].[Cl][Ir+2]. The predicted octanol–water partition coefficient (Wildman–Crippen LogP) is 29.1. The fourth-order valence-electron chi connectivity index (χ4n) is 14.8. The van der Waals surface area contributed by atoms with Gasteiger partial charge in [-0.05, 0) is 191 Å². The topological polar surface area (TPSA) is 55.5 Å². The second kappa shape index (κ2) is 48.3. The van der Waals surface area contributed by atoms with Crippen LogP contribution >= 0.6 is 28.8 Å². The van der Waals surface area contributed by atoms with Gasteiger partial charge in [0.05, 0.1) is 31.3 Å². The van der Waals surface area contributed by atoms with Gasteiger partial charge in [0.25, 0.3) is 0 Å². The van der Waals surface area contributed by atoms with Gasteiger partial charge in [-0.3, -0.25) is 0 Å². The number of halogens is 3. The average Bonchev–Trinajstić information content (AvgIpc) is 1.62. The standard InChI is InChI=1S/C23H18N.C20H18NO.C19H16NO.3C10H20.3CH3.3ClH.3Ir/c1-16-7-11-23(12-8-16)24-17(2)18-9-10-21-14-19-5-3-4-6-20(19)15-22(21)13-18;1-14-4-5-18-13-16(6-7-17(18)12-14)15(2)21-19-8-10-20(22-3)11-9-19;1-14(20-18-9-11-19(21-2)12-10-18)16-8-7-15-5-3-4-6-17(15)13-16;3*1-6-7(2)9(4)10(5)8(6)3;;;;;;;;;/h3-8,10-15H,1-2H3;4-5,7-13H,1-3H3;3-7,9-13H,1-2H3;3*6-10H,1-5H3;3*1H3;3*1H;;;/q3*-1;;;;3*-1;;;;3*+3/p-3. The molecule has 0 radical (unpaired) electrons. The van der Waals surface area contributed by atoms with Crippen molar-refractivity contribution in [1.29, 1.82) is 0 Å². The molecule has 3 aliphatic rings. The van der Waals surface area contributed by atoms with Crippen LogP contribution in [0.3, 0.4) is 0 Å². The van der Waals surface area contributed by atoms with E-state index < -0.39 is 0 Å². The number of fused-ring (bicyclic) bond motifs is 4. The number of ether oxygens (including phenoxy) is 2. The van der Waals surface area contributed by atoms with Crippen molar-refractivity contribution in [1.82, 2.24) is 0 Å². The van der Waals surface area contributed by atoms with E-state index in [4.69, 9.17) is 14.5 Å². The van der Waals surface area contributed by atoms with Crippen molar-refractivity contribution in [2.75, 3.05) is 14.2 Å². The fourth-order valence-corrected chi connectivity index (χ4v) is 14.8. The Kier molecular flexibility index (Phi) is 44.1. The van der Waals surface area contributed by atoms with Crippen LogP contribution in [-0.4, -0.2) is 31.4 Å². The van der Waals surface area contributed by atoms with Crippen LogP contribution in [-0.2, 0) is 53.7 Å². The Morgan fingerprint density at radius 1 is 0.283 bits per heavy atom. The number of rotatable bonds is 8. The maximum absolute atomic E-state index is 5.16. The minimum atomic E-state index is 0. The molecule has 10 aromatic carbocycles. The number of hydrogen-bond acceptors (Lipinski definition) is 5. The second-order valence-corrected chi connectivity index (χ2v) is 29.3. The van der Waals surface area contributed by atoms with Gasteiger partial charge in [-0.15, -0.1) is 87.4 Å². The van der Waals surface area contributed by atoms with Crippen LogP contribution in [0.2, 0.25) is 0 Å². The molecular weight excluding hydrogens is 1900 g/mol. The Balaban J connectivity index is 0.000000438. The van der Waals surface area contributed by atoms with E-state index in [0.29, 0.717) is 0 Å². The van der Waals surface area contributed by atoms with E-state index in [0.717, 1.165) is 151 Å². The van der Waals surface area contributed by atoms with Gasteiger partial charge in [-0.1, -0.05) is 243 Å². The zero-order chi connectivity index (χ0) is 76.4. The molecule has 106 heavy (non-hydrogen) atoms. The van der Waals surface area contributed by atoms with E-state index >= 15 is 0 Å². The van der Waals surface area contributed by atoms with Crippen molar-refractivity contribution in [3.63, 3.8) is 0 Å². The van der Waals surface area contributed by atoms with Gasteiger partial charge in [-0.2, -0.15) is 0 Å². The molecule has 3 fully saturated rings. The Hall–Kier alpha value is -5.33. The van der Waals surface area contributed by atoms with Crippen LogP contribution in [0.25, 0.3) is 43.1 Å². The Bertz CT molecular complexity index is 4090. The number of nitrogens with zero attached hydrogens (tertiary/aromatic N) is 3. The predicted molar refractivity (Wildman–Crippen MR) is 458 cm³/mol. The quantitative estimate of drug-likeness (QED) is 0.0865. The van der Waals surface area contributed by atoms with E-state index in [1.165, 1.54) is 108 Å². The van der Waals surface area contributed by atoms with Crippen molar-refractivity contribution in [2.45, 2.75) is 138 Å². The van der Waals surface area contributed by atoms with Gasteiger partial charge in [-0.25, -0.2) is 0 Å². The summed E-state index contributed by atoms with van der Waals surface area (Å²) in [5.74, 6) is 15.7. The summed E-state index contributed by atoms with van der Waals surface area (Å²) in [5, 5.41) is 9.77. The van der Waals surface area contributed by atoms with Gasteiger partial charge < -0.3 is 46.7 Å². The average molecular weight is 2020 g/mol. The normalized spacial score (nSPS) is 23.3. The third kappa shape index (κ3) is 27.0. The summed E-state index contributed by atoms with van der Waals surface area (Å²) < 4.78 is 10.3. The molecule has 0 atom stereocenters. The van der Waals surface area contributed by atoms with E-state index in [2.05, 4.69) is 278 Å². The monoisotopic (exact) mass is 2020 g/mol. The minimum absolute atomic E-state index is 0. The van der Waals surface area contributed by atoms with E-state index in [1.807, 2.05) is 106 Å². The van der Waals surface area contributed by atoms with Crippen LogP contribution in [0.1, 0.15) is 152 Å². The summed E-state index contributed by atoms with van der Waals surface area (Å²) >= 11 is 4.42. The summed E-state index contributed by atoms with van der Waals surface area (Å²) in [6.45, 7) is 46.2. The van der Waals surface area contributed by atoms with Crippen LogP contribution in [0.15, 0.2) is 203 Å². The number of aryl methyl sites for hydroxylation is 2. The first-order valence-electron chi connectivity index (χ1n) is 36.3. The number of methoxy groups -OCH3 is 2. The van der Waals surface area contributed by atoms with Gasteiger partial charge in [0.1, 0.15) is 11.5 Å². The molecular formula is C95H121Cl3Ir3N3O2. The fraction of sp³-hybridized carbons (Fsp3) is 0.389. The molecule has 3 aliphatic carbocycles. The van der Waals surface area contributed by atoms with Crippen molar-refractivity contribution < 1.29 is 63.1 Å². The number of benzene rings is 10. The van der Waals surface area contributed by atoms with Gasteiger partial charge in [0.2, 0.25) is 0 Å². The summed E-state index contributed by atoms with van der Waals surface area (Å²) in [4.78, 5) is 14.0. The summed E-state index contributed by atoms with van der Waals surface area (Å²) in [6.07, 6.45) is 0. The molecule has 5 nitrogen and oxygen atoms in total. The summed E-state index contributed by atoms with van der Waals surface area (Å²) in [6, 6.07) is 73.9. The van der Waals surface area contributed by atoms with Crippen LogP contribution in [0.4, 0.5) is 17.1 Å². The molecule has 11 heteroatoms. The summed E-state index contributed by atoms with van der Waals surface area (Å²) in [7, 11) is 17.2. The molecule has 0 amide bonds. The molecule has 0 spiro atoms. The molecule has 0 N–H and O–H groups in total. The van der Waals surface area contributed by atoms with E-state index in [9.17, 15) is 0 Å². The first kappa shape index (κ1) is 96.7. The maximum atomic E-state index is 5.16. The van der Waals surface area contributed by atoms with Crippen molar-refractivity contribution in [3.05, 3.63) is 256 Å². The molecule has 0 saturated heterocycles. The molecule has 576 valence electrons. The zero-order valence-electron chi connectivity index (χ0n) is 67.9. The molecule has 10 aromatic rings. The van der Waals surface area contributed by atoms with Gasteiger partial charge in [0, 0.05) is 0 Å². The second-order valence-electron chi connectivity index (χ2n) is 29.3. The van der Waals surface area contributed by atoms with Crippen LogP contribution in [0, 0.1) is 143 Å². The van der Waals surface area contributed by atoms with Gasteiger partial charge >= 0.3 is 82.4 Å². The third-order valence-electron chi connectivity index (χ3n) is 23.9. The molecule has 0 bridgehead atoms. The Morgan fingerprint density at radius 2 is 0.509 bits per heavy atom. The third-order valence-corrected chi connectivity index (χ3v) is 23.9. The molecule has 0 aliphatic heterocycles. The van der Waals surface area contributed by atoms with E-state index in [1.54, 1.807) is 14.2 Å². The first-order valence-corrected chi connectivity index (χ1v) is 45.2. The Morgan fingerprint density at radius 3 is 0.811 bits per heavy atom. The Labute approximate surface area is 687 Å². The van der Waals surface area contributed by atoms with Crippen LogP contribution in [0.5, 0.6) is 11.5 Å². The number of hydrogen-bond donors (Lipinski definition) is 0. The van der Waals surface area contributed by atoms with E-state index in [-0.39, 0.29) is 22.3 Å².